The summed E-state index contributed by atoms with van der Waals surface area (Å²) in [6.07, 6.45) is 1.71. The first-order valence-electron chi connectivity index (χ1n) is 2.49. The predicted molar refractivity (Wildman–Crippen MR) is 32.7 cm³/mol. The zero-order valence-electron chi connectivity index (χ0n) is 4.44. The van der Waals surface area contributed by atoms with Gasteiger partial charge in [-0.25, -0.2) is 0 Å². The zero-order chi connectivity index (χ0) is 4.99. The van der Waals surface area contributed by atoms with E-state index in [1.165, 1.54) is 0 Å². The molecule has 6 heavy (non-hydrogen) atoms. The van der Waals surface area contributed by atoms with Gasteiger partial charge in [-0.2, -0.15) is 0 Å². The van der Waals surface area contributed by atoms with E-state index in [4.69, 9.17) is 5.11 Å². The quantitative estimate of drug-likeness (QED) is 0.401. The van der Waals surface area contributed by atoms with Gasteiger partial charge in [0.2, 0.25) is 0 Å². The summed E-state index contributed by atoms with van der Waals surface area (Å²) in [4.78, 5) is 0. The Morgan fingerprint density at radius 1 is 1.33 bits per heavy atom. The van der Waals surface area contributed by atoms with E-state index in [-0.39, 0.29) is 6.10 Å². The van der Waals surface area contributed by atoms with Gasteiger partial charge in [-0.3, -0.25) is 0 Å². The predicted octanol–water partition coefficient (Wildman–Crippen LogP) is -1.55. The highest BCUT2D eigenvalue weighted by atomic mass is 16.3. The molecule has 1 nitrogen and oxygen atoms in total. The molecule has 3 heteroatoms. The Morgan fingerprint density at radius 3 is 1.67 bits per heavy atom. The maximum Gasteiger partial charge on any atom is 0.104 e. The molecule has 0 bridgehead atoms. The second-order valence-electron chi connectivity index (χ2n) is 1.47. The van der Waals surface area contributed by atoms with E-state index in [0.717, 1.165) is 12.6 Å². The first-order chi connectivity index (χ1) is 2.81. The maximum absolute atomic E-state index is 8.67. The summed E-state index contributed by atoms with van der Waals surface area (Å²) in [5.74, 6) is 0. The van der Waals surface area contributed by atoms with Crippen LogP contribution in [0, 0.1) is 0 Å². The van der Waals surface area contributed by atoms with E-state index >= 15 is 0 Å². The first-order valence-corrected chi connectivity index (χ1v) is 2.49. The molecule has 0 aromatic rings. The third-order valence-corrected chi connectivity index (χ3v) is 0.942. The summed E-state index contributed by atoms with van der Waals surface area (Å²) in [5, 5.41) is 8.67. The van der Waals surface area contributed by atoms with Gasteiger partial charge in [0.25, 0.3) is 0 Å². The van der Waals surface area contributed by atoms with E-state index in [0.29, 0.717) is 0 Å². The Morgan fingerprint density at radius 2 is 1.67 bits per heavy atom. The number of aliphatic hydroxyl groups excluding tert-OH is 1. The first kappa shape index (κ1) is 6.09. The second-order valence-corrected chi connectivity index (χ2v) is 1.47. The Balaban J connectivity index is 2.75. The van der Waals surface area contributed by atoms with Crippen LogP contribution < -0.4 is 0 Å². The van der Waals surface area contributed by atoms with E-state index < -0.39 is 0 Å². The van der Waals surface area contributed by atoms with Gasteiger partial charge in [0.05, 0.1) is 0 Å². The molecule has 0 aliphatic rings. The lowest BCUT2D eigenvalue weighted by Gasteiger charge is -1.98. The monoisotopic (exact) mass is 84.1 g/mol. The summed E-state index contributed by atoms with van der Waals surface area (Å²) in [6, 6.07) is 0. The molecule has 0 aromatic heterocycles. The Labute approximate surface area is 40.6 Å². The van der Waals surface area contributed by atoms with Gasteiger partial charge in [-0.1, -0.05) is 12.6 Å². The van der Waals surface area contributed by atoms with Crippen LogP contribution in [0.4, 0.5) is 0 Å². The van der Waals surface area contributed by atoms with Crippen LogP contribution in [0.1, 0.15) is 0 Å². The number of rotatable bonds is 2. The van der Waals surface area contributed by atoms with Crippen LogP contribution in [0.15, 0.2) is 0 Å². The van der Waals surface area contributed by atoms with Crippen molar-refractivity contribution in [2.45, 2.75) is 18.7 Å². The Hall–Kier alpha value is 0.0899. The summed E-state index contributed by atoms with van der Waals surface area (Å²) < 4.78 is 0. The van der Waals surface area contributed by atoms with Gasteiger partial charge in [-0.05, 0) is 0 Å². The molecule has 0 spiro atoms. The van der Waals surface area contributed by atoms with Crippen molar-refractivity contribution in [3.63, 3.8) is 0 Å². The van der Waals surface area contributed by atoms with Gasteiger partial charge in [-0.15, -0.1) is 0 Å². The standard InChI is InChI=1S/C3H10B2O/c4-1-3(6)2-5/h3,6H,1-2,4-5H2. The fraction of sp³-hybridized carbons (Fsp3) is 1.00. The smallest absolute Gasteiger partial charge is 0.104 e. The molecule has 0 aliphatic heterocycles. The molecule has 0 fully saturated rings. The maximum atomic E-state index is 8.67. The topological polar surface area (TPSA) is 20.2 Å². The summed E-state index contributed by atoms with van der Waals surface area (Å²) in [6.45, 7) is 0. The van der Waals surface area contributed by atoms with Crippen molar-refractivity contribution < 1.29 is 5.11 Å². The average molecular weight is 83.7 g/mol. The molecule has 0 saturated heterocycles. The lowest BCUT2D eigenvalue weighted by atomic mass is 9.90. The molecule has 34 valence electrons. The van der Waals surface area contributed by atoms with Gasteiger partial charge >= 0.3 is 0 Å². The largest absolute Gasteiger partial charge is 0.395 e. The lowest BCUT2D eigenvalue weighted by Crippen LogP contribution is -2.02. The van der Waals surface area contributed by atoms with E-state index in [9.17, 15) is 0 Å². The molecule has 0 aliphatic carbocycles. The zero-order valence-corrected chi connectivity index (χ0v) is 4.44. The van der Waals surface area contributed by atoms with Crippen LogP contribution >= 0.6 is 0 Å². The second kappa shape index (κ2) is 3.29. The van der Waals surface area contributed by atoms with Crippen molar-refractivity contribution in [2.75, 3.05) is 0 Å². The van der Waals surface area contributed by atoms with Crippen molar-refractivity contribution in [3.8, 4) is 0 Å². The fourth-order valence-electron chi connectivity index (χ4n) is 0.289. The Bertz CT molecular complexity index is 28.0. The van der Waals surface area contributed by atoms with E-state index in [2.05, 4.69) is 0 Å². The van der Waals surface area contributed by atoms with Crippen molar-refractivity contribution in [2.24, 2.45) is 0 Å². The average Bonchev–Trinajstić information content (AvgIpc) is 1.65. The molecular weight excluding hydrogens is 73.7 g/mol. The minimum absolute atomic E-state index is 0.0648. The summed E-state index contributed by atoms with van der Waals surface area (Å²) in [7, 11) is 3.96. The Kier molecular flexibility index (Phi) is 3.34. The van der Waals surface area contributed by atoms with Crippen LogP contribution in [0.5, 0.6) is 0 Å². The molecule has 1 N–H and O–H groups in total. The minimum atomic E-state index is -0.0648. The van der Waals surface area contributed by atoms with Gasteiger partial charge in [0, 0.05) is 6.10 Å². The van der Waals surface area contributed by atoms with Gasteiger partial charge in [0.1, 0.15) is 15.7 Å². The third kappa shape index (κ3) is 2.33. The van der Waals surface area contributed by atoms with Crippen LogP contribution in [-0.4, -0.2) is 26.9 Å². The van der Waals surface area contributed by atoms with Crippen LogP contribution in [-0.2, 0) is 0 Å². The number of hydrogen-bond acceptors (Lipinski definition) is 1. The lowest BCUT2D eigenvalue weighted by molar-refractivity contribution is 0.216. The van der Waals surface area contributed by atoms with Crippen molar-refractivity contribution >= 4 is 15.7 Å². The van der Waals surface area contributed by atoms with Crippen molar-refractivity contribution in [3.05, 3.63) is 0 Å². The van der Waals surface area contributed by atoms with Crippen LogP contribution in [0.25, 0.3) is 0 Å². The highest BCUT2D eigenvalue weighted by Gasteiger charge is 1.90. The molecule has 0 atom stereocenters. The summed E-state index contributed by atoms with van der Waals surface area (Å²) >= 11 is 0. The highest BCUT2D eigenvalue weighted by Crippen LogP contribution is 1.89. The SMILES string of the molecule is BCC(O)CB. The third-order valence-electron chi connectivity index (χ3n) is 0.942. The molecule has 0 rings (SSSR count). The van der Waals surface area contributed by atoms with Gasteiger partial charge < -0.3 is 5.11 Å². The normalized spacial score (nSPS) is 9.67. The minimum Gasteiger partial charge on any atom is -0.395 e. The highest BCUT2D eigenvalue weighted by molar-refractivity contribution is 6.11. The van der Waals surface area contributed by atoms with E-state index in [1.807, 2.05) is 15.7 Å². The van der Waals surface area contributed by atoms with Crippen molar-refractivity contribution in [1.82, 2.24) is 0 Å². The van der Waals surface area contributed by atoms with Gasteiger partial charge in [0.15, 0.2) is 0 Å². The summed E-state index contributed by atoms with van der Waals surface area (Å²) in [5.41, 5.74) is 0. The number of hydrogen-bond donors (Lipinski definition) is 1. The molecule has 0 saturated carbocycles. The fourth-order valence-corrected chi connectivity index (χ4v) is 0.289. The molecule has 0 amide bonds. The number of aliphatic hydroxyl groups is 1. The van der Waals surface area contributed by atoms with E-state index in [1.54, 1.807) is 0 Å². The molecular formula is C3H10B2O. The van der Waals surface area contributed by atoms with Crippen LogP contribution in [0.2, 0.25) is 12.6 Å². The molecule has 0 heterocycles. The van der Waals surface area contributed by atoms with Crippen LogP contribution in [0.3, 0.4) is 0 Å². The molecule has 0 aromatic carbocycles. The molecule has 0 unspecified atom stereocenters. The van der Waals surface area contributed by atoms with Crippen molar-refractivity contribution in [1.29, 1.82) is 0 Å². The molecule has 0 radical (unpaired) electrons.